The number of anilines is 1. The van der Waals surface area contributed by atoms with Crippen LogP contribution in [0.4, 0.5) is 5.82 Å². The molecule has 0 aliphatic carbocycles. The van der Waals surface area contributed by atoms with Gasteiger partial charge in [-0.2, -0.15) is 5.26 Å². The van der Waals surface area contributed by atoms with E-state index < -0.39 is 0 Å². The first kappa shape index (κ1) is 13.8. The number of nitriles is 1. The molecule has 0 saturated heterocycles. The summed E-state index contributed by atoms with van der Waals surface area (Å²) in [6, 6.07) is 7.60. The lowest BCUT2D eigenvalue weighted by Gasteiger charge is -2.10. The molecule has 5 heteroatoms. The van der Waals surface area contributed by atoms with Crippen molar-refractivity contribution in [3.63, 3.8) is 0 Å². The van der Waals surface area contributed by atoms with Gasteiger partial charge >= 0.3 is 0 Å². The summed E-state index contributed by atoms with van der Waals surface area (Å²) in [4.78, 5) is 0. The molecule has 1 aromatic heterocycles. The summed E-state index contributed by atoms with van der Waals surface area (Å²) < 4.78 is 1.91. The Labute approximate surface area is 122 Å². The number of benzene rings is 1. The van der Waals surface area contributed by atoms with Crippen molar-refractivity contribution in [3.05, 3.63) is 50.6 Å². The number of rotatable bonds is 2. The van der Waals surface area contributed by atoms with Gasteiger partial charge in [-0.1, -0.05) is 29.3 Å². The van der Waals surface area contributed by atoms with E-state index in [0.29, 0.717) is 28.0 Å². The lowest BCUT2D eigenvalue weighted by atomic mass is 10.2. The van der Waals surface area contributed by atoms with Crippen molar-refractivity contribution in [2.45, 2.75) is 20.4 Å². The summed E-state index contributed by atoms with van der Waals surface area (Å²) in [6.07, 6.45) is 0. The predicted octanol–water partition coefficient (Wildman–Crippen LogP) is 3.91. The van der Waals surface area contributed by atoms with Crippen molar-refractivity contribution in [1.82, 2.24) is 4.57 Å². The topological polar surface area (TPSA) is 54.7 Å². The van der Waals surface area contributed by atoms with Crippen LogP contribution in [0.1, 0.15) is 22.4 Å². The molecule has 2 N–H and O–H groups in total. The minimum absolute atomic E-state index is 0.489. The zero-order valence-electron chi connectivity index (χ0n) is 10.7. The molecule has 0 fully saturated rings. The zero-order chi connectivity index (χ0) is 14.2. The quantitative estimate of drug-likeness (QED) is 0.912. The van der Waals surface area contributed by atoms with Crippen LogP contribution in [0.25, 0.3) is 0 Å². The molecule has 1 heterocycles. The number of hydrogen-bond acceptors (Lipinski definition) is 2. The molecule has 0 aliphatic heterocycles. The molecule has 0 radical (unpaired) electrons. The van der Waals surface area contributed by atoms with Crippen LogP contribution >= 0.6 is 23.2 Å². The monoisotopic (exact) mass is 293 g/mol. The van der Waals surface area contributed by atoms with Crippen LogP contribution in [0.3, 0.4) is 0 Å². The SMILES string of the molecule is Cc1c(C#N)c(N)n(Cc2ccc(Cl)c(Cl)c2)c1C. The standard InChI is InChI=1S/C14H13Cl2N3/c1-8-9(2)19(14(18)11(8)6-17)7-10-3-4-12(15)13(16)5-10/h3-5H,7,18H2,1-2H3. The zero-order valence-corrected chi connectivity index (χ0v) is 12.2. The highest BCUT2D eigenvalue weighted by Crippen LogP contribution is 2.27. The Morgan fingerprint density at radius 2 is 1.95 bits per heavy atom. The molecule has 2 aromatic rings. The minimum atomic E-state index is 0.489. The second-order valence-electron chi connectivity index (χ2n) is 4.42. The van der Waals surface area contributed by atoms with Crippen molar-refractivity contribution >= 4 is 29.0 Å². The van der Waals surface area contributed by atoms with Gasteiger partial charge in [-0.15, -0.1) is 0 Å². The summed E-state index contributed by atoms with van der Waals surface area (Å²) >= 11 is 11.9. The van der Waals surface area contributed by atoms with Crippen LogP contribution in [0.15, 0.2) is 18.2 Å². The van der Waals surface area contributed by atoms with Crippen molar-refractivity contribution < 1.29 is 0 Å². The number of nitrogens with zero attached hydrogens (tertiary/aromatic N) is 2. The number of halogens is 2. The summed E-state index contributed by atoms with van der Waals surface area (Å²) in [5.74, 6) is 0.489. The summed E-state index contributed by atoms with van der Waals surface area (Å²) in [6.45, 7) is 4.41. The molecule has 0 unspecified atom stereocenters. The first-order valence-corrected chi connectivity index (χ1v) is 6.50. The van der Waals surface area contributed by atoms with Gasteiger partial charge in [-0.25, -0.2) is 0 Å². The molecule has 1 aromatic carbocycles. The van der Waals surface area contributed by atoms with E-state index in [9.17, 15) is 0 Å². The predicted molar refractivity (Wildman–Crippen MR) is 78.6 cm³/mol. The number of aromatic nitrogens is 1. The smallest absolute Gasteiger partial charge is 0.122 e. The van der Waals surface area contributed by atoms with Crippen molar-refractivity contribution in [2.75, 3.05) is 5.73 Å². The van der Waals surface area contributed by atoms with E-state index in [1.165, 1.54) is 0 Å². The van der Waals surface area contributed by atoms with Gasteiger partial charge in [0.05, 0.1) is 15.6 Å². The minimum Gasteiger partial charge on any atom is -0.384 e. The molecule has 2 rings (SSSR count). The average molecular weight is 294 g/mol. The van der Waals surface area contributed by atoms with Crippen molar-refractivity contribution in [2.24, 2.45) is 0 Å². The van der Waals surface area contributed by atoms with Crippen LogP contribution < -0.4 is 5.73 Å². The van der Waals surface area contributed by atoms with Gasteiger partial charge in [0, 0.05) is 12.2 Å². The molecular weight excluding hydrogens is 281 g/mol. The second-order valence-corrected chi connectivity index (χ2v) is 5.23. The number of nitrogen functional groups attached to an aromatic ring is 1. The van der Waals surface area contributed by atoms with Crippen LogP contribution in [0.2, 0.25) is 10.0 Å². The molecule has 98 valence electrons. The van der Waals surface area contributed by atoms with Gasteiger partial charge in [-0.05, 0) is 37.1 Å². The number of nitrogens with two attached hydrogens (primary N) is 1. The first-order chi connectivity index (χ1) is 8.95. The van der Waals surface area contributed by atoms with E-state index in [0.717, 1.165) is 16.8 Å². The fraction of sp³-hybridized carbons (Fsp3) is 0.214. The molecule has 0 saturated carbocycles. The van der Waals surface area contributed by atoms with Gasteiger partial charge in [0.2, 0.25) is 0 Å². The van der Waals surface area contributed by atoms with Crippen LogP contribution in [0, 0.1) is 25.2 Å². The molecule has 19 heavy (non-hydrogen) atoms. The molecule has 3 nitrogen and oxygen atoms in total. The van der Waals surface area contributed by atoms with Gasteiger partial charge in [0.1, 0.15) is 11.9 Å². The van der Waals surface area contributed by atoms with Crippen molar-refractivity contribution in [3.8, 4) is 6.07 Å². The number of hydrogen-bond donors (Lipinski definition) is 1. The molecule has 0 atom stereocenters. The van der Waals surface area contributed by atoms with Gasteiger partial charge in [-0.3, -0.25) is 0 Å². The maximum absolute atomic E-state index is 9.10. The van der Waals surface area contributed by atoms with E-state index in [-0.39, 0.29) is 0 Å². The molecule has 0 aliphatic rings. The average Bonchev–Trinajstić information content (AvgIpc) is 2.58. The van der Waals surface area contributed by atoms with Crippen LogP contribution in [-0.2, 0) is 6.54 Å². The van der Waals surface area contributed by atoms with Crippen LogP contribution in [-0.4, -0.2) is 4.57 Å². The highest BCUT2D eigenvalue weighted by molar-refractivity contribution is 6.42. The third-order valence-electron chi connectivity index (χ3n) is 3.31. The Morgan fingerprint density at radius 3 is 2.47 bits per heavy atom. The van der Waals surface area contributed by atoms with E-state index in [1.54, 1.807) is 6.07 Å². The Hall–Kier alpha value is -1.63. The molecular formula is C14H13Cl2N3. The maximum Gasteiger partial charge on any atom is 0.122 e. The Morgan fingerprint density at radius 1 is 1.26 bits per heavy atom. The summed E-state index contributed by atoms with van der Waals surface area (Å²) in [7, 11) is 0. The third kappa shape index (κ3) is 2.42. The molecule has 0 spiro atoms. The fourth-order valence-corrected chi connectivity index (χ4v) is 2.38. The lowest BCUT2D eigenvalue weighted by Crippen LogP contribution is -2.06. The normalized spacial score (nSPS) is 10.5. The maximum atomic E-state index is 9.10. The van der Waals surface area contributed by atoms with Gasteiger partial charge in [0.15, 0.2) is 0 Å². The van der Waals surface area contributed by atoms with E-state index in [4.69, 9.17) is 34.2 Å². The lowest BCUT2D eigenvalue weighted by molar-refractivity contribution is 0.784. The van der Waals surface area contributed by atoms with E-state index in [1.807, 2.05) is 30.5 Å². The largest absolute Gasteiger partial charge is 0.384 e. The van der Waals surface area contributed by atoms with E-state index >= 15 is 0 Å². The fourth-order valence-electron chi connectivity index (χ4n) is 2.06. The van der Waals surface area contributed by atoms with Gasteiger partial charge < -0.3 is 10.3 Å². The first-order valence-electron chi connectivity index (χ1n) is 5.75. The highest BCUT2D eigenvalue weighted by Gasteiger charge is 2.15. The van der Waals surface area contributed by atoms with E-state index in [2.05, 4.69) is 6.07 Å². The Kier molecular flexibility index (Phi) is 3.75. The second kappa shape index (κ2) is 5.16. The summed E-state index contributed by atoms with van der Waals surface area (Å²) in [5.41, 5.74) is 9.44. The van der Waals surface area contributed by atoms with Crippen molar-refractivity contribution in [1.29, 1.82) is 5.26 Å². The highest BCUT2D eigenvalue weighted by atomic mass is 35.5. The van der Waals surface area contributed by atoms with Crippen LogP contribution in [0.5, 0.6) is 0 Å². The summed E-state index contributed by atoms with van der Waals surface area (Å²) in [5, 5.41) is 10.1. The Balaban J connectivity index is 2.44. The molecule has 0 bridgehead atoms. The van der Waals surface area contributed by atoms with Gasteiger partial charge in [0.25, 0.3) is 0 Å². The third-order valence-corrected chi connectivity index (χ3v) is 4.05. The Bertz CT molecular complexity index is 681. The molecule has 0 amide bonds.